The van der Waals surface area contributed by atoms with Crippen LogP contribution in [0.15, 0.2) is 0 Å². The molecule has 2 heterocycles. The van der Waals surface area contributed by atoms with E-state index in [1.165, 1.54) is 16.7 Å². The molecule has 0 saturated carbocycles. The molecule has 2 saturated heterocycles. The van der Waals surface area contributed by atoms with Gasteiger partial charge in [0.15, 0.2) is 0 Å². The number of ether oxygens (including phenoxy) is 2. The van der Waals surface area contributed by atoms with Gasteiger partial charge in [-0.1, -0.05) is 0 Å². The molecule has 2 aliphatic rings. The van der Waals surface area contributed by atoms with Crippen molar-refractivity contribution < 1.29 is 24.2 Å². The molecule has 0 aliphatic carbocycles. The van der Waals surface area contributed by atoms with Crippen LogP contribution in [0, 0.1) is 0 Å². The summed E-state index contributed by atoms with van der Waals surface area (Å²) in [6.45, 7) is 1.39. The molecule has 108 valence electrons. The number of thioether (sulfide) groups is 1. The number of carboxylic acids is 1. The summed E-state index contributed by atoms with van der Waals surface area (Å²) in [5.74, 6) is -0.133. The van der Waals surface area contributed by atoms with Crippen molar-refractivity contribution >= 4 is 23.8 Å². The fourth-order valence-electron chi connectivity index (χ4n) is 2.15. The number of carboxylic acid groups (broad SMARTS) is 1. The fourth-order valence-corrected chi connectivity index (χ4v) is 3.29. The van der Waals surface area contributed by atoms with E-state index in [0.29, 0.717) is 31.4 Å². The van der Waals surface area contributed by atoms with E-state index in [9.17, 15) is 9.59 Å². The third kappa shape index (κ3) is 3.13. The molecule has 0 aromatic rings. The molecule has 2 aliphatic heterocycles. The number of carbonyl (C=O) groups excluding carboxylic acids is 1. The second-order valence-corrected chi connectivity index (χ2v) is 5.67. The van der Waals surface area contributed by atoms with Crippen molar-refractivity contribution in [2.75, 3.05) is 38.5 Å². The Hall–Kier alpha value is -0.990. The second kappa shape index (κ2) is 5.98. The first-order chi connectivity index (χ1) is 9.08. The van der Waals surface area contributed by atoms with Gasteiger partial charge < -0.3 is 24.8 Å². The van der Waals surface area contributed by atoms with Crippen molar-refractivity contribution in [1.29, 1.82) is 0 Å². The number of amides is 2. The average molecular weight is 290 g/mol. The SMILES string of the molecule is COC1(CNC(=O)N2CSC[C@H]2C(=O)O)CCOC1. The first-order valence-electron chi connectivity index (χ1n) is 6.06. The van der Waals surface area contributed by atoms with Gasteiger partial charge in [0.05, 0.1) is 19.0 Å². The number of nitrogens with zero attached hydrogens (tertiary/aromatic N) is 1. The zero-order chi connectivity index (χ0) is 13.9. The van der Waals surface area contributed by atoms with Gasteiger partial charge in [0.1, 0.15) is 11.6 Å². The van der Waals surface area contributed by atoms with Crippen LogP contribution in [-0.2, 0) is 14.3 Å². The first kappa shape index (κ1) is 14.4. The minimum Gasteiger partial charge on any atom is -0.480 e. The molecule has 0 aromatic carbocycles. The molecular weight excluding hydrogens is 272 g/mol. The molecular formula is C11H18N2O5S. The molecule has 2 atom stereocenters. The van der Waals surface area contributed by atoms with E-state index < -0.39 is 17.6 Å². The van der Waals surface area contributed by atoms with Crippen LogP contribution in [0.1, 0.15) is 6.42 Å². The Bertz CT molecular complexity index is 359. The zero-order valence-corrected chi connectivity index (χ0v) is 11.6. The molecule has 8 heteroatoms. The molecule has 0 aromatic heterocycles. The Morgan fingerprint density at radius 3 is 3.00 bits per heavy atom. The highest BCUT2D eigenvalue weighted by Crippen LogP contribution is 2.23. The number of hydrogen-bond donors (Lipinski definition) is 2. The van der Waals surface area contributed by atoms with Gasteiger partial charge in [0.25, 0.3) is 0 Å². The molecule has 2 N–H and O–H groups in total. The lowest BCUT2D eigenvalue weighted by atomic mass is 10.0. The predicted molar refractivity (Wildman–Crippen MR) is 69.2 cm³/mol. The van der Waals surface area contributed by atoms with E-state index in [1.54, 1.807) is 7.11 Å². The van der Waals surface area contributed by atoms with Gasteiger partial charge in [0, 0.05) is 25.9 Å². The summed E-state index contributed by atoms with van der Waals surface area (Å²) in [6.07, 6.45) is 0.723. The van der Waals surface area contributed by atoms with E-state index in [-0.39, 0.29) is 6.03 Å². The fraction of sp³-hybridized carbons (Fsp3) is 0.818. The van der Waals surface area contributed by atoms with Crippen LogP contribution in [0.2, 0.25) is 0 Å². The predicted octanol–water partition coefficient (Wildman–Crippen LogP) is -0.0390. The van der Waals surface area contributed by atoms with Gasteiger partial charge in [-0.15, -0.1) is 11.8 Å². The highest BCUT2D eigenvalue weighted by Gasteiger charge is 2.38. The molecule has 2 fully saturated rings. The lowest BCUT2D eigenvalue weighted by molar-refractivity contribution is -0.140. The maximum atomic E-state index is 12.0. The zero-order valence-electron chi connectivity index (χ0n) is 10.8. The smallest absolute Gasteiger partial charge is 0.327 e. The molecule has 2 rings (SSSR count). The van der Waals surface area contributed by atoms with E-state index >= 15 is 0 Å². The Labute approximate surface area is 115 Å². The summed E-state index contributed by atoms with van der Waals surface area (Å²) in [4.78, 5) is 24.4. The standard InChI is InChI=1S/C11H18N2O5S/c1-17-11(2-3-18-6-11)5-12-10(16)13-7-19-4-8(13)9(14)15/h8H,2-7H2,1H3,(H,12,16)(H,14,15)/t8-,11?/m0/s1. The number of carbonyl (C=O) groups is 2. The third-order valence-electron chi connectivity index (χ3n) is 3.49. The maximum absolute atomic E-state index is 12.0. The number of nitrogens with one attached hydrogen (secondary N) is 1. The van der Waals surface area contributed by atoms with Crippen LogP contribution in [-0.4, -0.2) is 72.1 Å². The van der Waals surface area contributed by atoms with Crippen molar-refractivity contribution in [3.05, 3.63) is 0 Å². The third-order valence-corrected chi connectivity index (χ3v) is 4.50. The molecule has 0 radical (unpaired) electrons. The summed E-state index contributed by atoms with van der Waals surface area (Å²) < 4.78 is 10.7. The van der Waals surface area contributed by atoms with E-state index in [1.807, 2.05) is 0 Å². The van der Waals surface area contributed by atoms with Gasteiger partial charge in [-0.05, 0) is 0 Å². The molecule has 0 spiro atoms. The van der Waals surface area contributed by atoms with Crippen LogP contribution >= 0.6 is 11.8 Å². The number of methoxy groups -OCH3 is 1. The number of rotatable bonds is 4. The van der Waals surface area contributed by atoms with Crippen LogP contribution in [0.25, 0.3) is 0 Å². The largest absolute Gasteiger partial charge is 0.480 e. The van der Waals surface area contributed by atoms with Gasteiger partial charge in [-0.25, -0.2) is 9.59 Å². The summed E-state index contributed by atoms with van der Waals surface area (Å²) in [5, 5.41) is 11.8. The minimum atomic E-state index is -0.967. The maximum Gasteiger partial charge on any atom is 0.327 e. The van der Waals surface area contributed by atoms with Crippen molar-refractivity contribution in [3.8, 4) is 0 Å². The Morgan fingerprint density at radius 2 is 2.42 bits per heavy atom. The number of aliphatic carboxylic acids is 1. The summed E-state index contributed by atoms with van der Waals surface area (Å²) in [6, 6.07) is -1.11. The normalized spacial score (nSPS) is 30.6. The quantitative estimate of drug-likeness (QED) is 0.755. The molecule has 0 bridgehead atoms. The van der Waals surface area contributed by atoms with Crippen LogP contribution in [0.5, 0.6) is 0 Å². The second-order valence-electron chi connectivity index (χ2n) is 4.67. The monoisotopic (exact) mass is 290 g/mol. The van der Waals surface area contributed by atoms with E-state index in [2.05, 4.69) is 5.32 Å². The van der Waals surface area contributed by atoms with Gasteiger partial charge in [-0.2, -0.15) is 0 Å². The molecule has 1 unspecified atom stereocenters. The van der Waals surface area contributed by atoms with Crippen molar-refractivity contribution in [2.45, 2.75) is 18.1 Å². The Balaban J connectivity index is 1.88. The highest BCUT2D eigenvalue weighted by atomic mass is 32.2. The average Bonchev–Trinajstić information content (AvgIpc) is 3.05. The van der Waals surface area contributed by atoms with Crippen LogP contribution < -0.4 is 5.32 Å². The number of urea groups is 1. The highest BCUT2D eigenvalue weighted by molar-refractivity contribution is 7.99. The summed E-state index contributed by atoms with van der Waals surface area (Å²) in [5.41, 5.74) is -0.485. The van der Waals surface area contributed by atoms with E-state index in [0.717, 1.165) is 6.42 Å². The van der Waals surface area contributed by atoms with Crippen molar-refractivity contribution in [3.63, 3.8) is 0 Å². The van der Waals surface area contributed by atoms with Gasteiger partial charge in [0.2, 0.25) is 0 Å². The Morgan fingerprint density at radius 1 is 1.63 bits per heavy atom. The molecule has 19 heavy (non-hydrogen) atoms. The van der Waals surface area contributed by atoms with Crippen LogP contribution in [0.4, 0.5) is 4.79 Å². The van der Waals surface area contributed by atoms with Gasteiger partial charge in [-0.3, -0.25) is 0 Å². The van der Waals surface area contributed by atoms with E-state index in [4.69, 9.17) is 14.6 Å². The lowest BCUT2D eigenvalue weighted by Crippen LogP contribution is -2.52. The topological polar surface area (TPSA) is 88.1 Å². The summed E-state index contributed by atoms with van der Waals surface area (Å²) >= 11 is 1.44. The van der Waals surface area contributed by atoms with Gasteiger partial charge >= 0.3 is 12.0 Å². The molecule has 2 amide bonds. The lowest BCUT2D eigenvalue weighted by Gasteiger charge is -2.28. The summed E-state index contributed by atoms with van der Waals surface area (Å²) in [7, 11) is 1.59. The minimum absolute atomic E-state index is 0.329. The van der Waals surface area contributed by atoms with Crippen molar-refractivity contribution in [2.24, 2.45) is 0 Å². The van der Waals surface area contributed by atoms with Crippen molar-refractivity contribution in [1.82, 2.24) is 10.2 Å². The number of hydrogen-bond acceptors (Lipinski definition) is 5. The molecule has 7 nitrogen and oxygen atoms in total. The first-order valence-corrected chi connectivity index (χ1v) is 7.21. The van der Waals surface area contributed by atoms with Crippen LogP contribution in [0.3, 0.4) is 0 Å². The Kier molecular flexibility index (Phi) is 4.54.